The van der Waals surface area contributed by atoms with Gasteiger partial charge in [0.25, 0.3) is 0 Å². The summed E-state index contributed by atoms with van der Waals surface area (Å²) in [5.74, 6) is 0. The minimum absolute atomic E-state index is 0.483. The van der Waals surface area contributed by atoms with Gasteiger partial charge in [0.2, 0.25) is 0 Å². The maximum atomic E-state index is 2.52. The summed E-state index contributed by atoms with van der Waals surface area (Å²) in [7, 11) is 0. The standard InChI is InChI=1S/C62H40/c1-5-20-47(21-6-1)61(48-22-7-2-8-23-48)55-30-16-19-42-31-32-45-37-46(40-58(61)60(45)59(42)55)43-33-35-53-54-36-34-44(52-29-15-18-41-17-13-14-28-51(41)52)39-57(54)62(56(53)38-43,49-24-9-3-10-25-49)50-26-11-4-12-27-50/h1-40H. The topological polar surface area (TPSA) is 0 Å². The first-order valence-electron chi connectivity index (χ1n) is 21.7. The molecule has 0 aromatic heterocycles. The fraction of sp³-hybridized carbons (Fsp3) is 0.0323. The van der Waals surface area contributed by atoms with Crippen LogP contribution in [0.3, 0.4) is 0 Å². The molecule has 0 amide bonds. The van der Waals surface area contributed by atoms with Gasteiger partial charge in [0.15, 0.2) is 0 Å². The third-order valence-electron chi connectivity index (χ3n) is 14.2. The van der Waals surface area contributed by atoms with Crippen molar-refractivity contribution in [3.05, 3.63) is 287 Å². The van der Waals surface area contributed by atoms with Gasteiger partial charge in [0, 0.05) is 0 Å². The van der Waals surface area contributed by atoms with E-state index in [4.69, 9.17) is 0 Å². The van der Waals surface area contributed by atoms with Crippen LogP contribution >= 0.6 is 0 Å². The Kier molecular flexibility index (Phi) is 7.54. The van der Waals surface area contributed by atoms with Crippen molar-refractivity contribution < 1.29 is 0 Å². The van der Waals surface area contributed by atoms with Crippen LogP contribution in [-0.2, 0) is 10.8 Å². The highest BCUT2D eigenvalue weighted by Crippen LogP contribution is 2.59. The molecule has 2 aliphatic carbocycles. The molecule has 0 saturated heterocycles. The highest BCUT2D eigenvalue weighted by molar-refractivity contribution is 6.17. The normalized spacial score (nSPS) is 14.1. The summed E-state index contributed by atoms with van der Waals surface area (Å²) in [6.07, 6.45) is 0. The van der Waals surface area contributed by atoms with E-state index in [1.165, 1.54) is 110 Å². The molecule has 0 N–H and O–H groups in total. The van der Waals surface area contributed by atoms with Crippen LogP contribution in [0.1, 0.15) is 44.5 Å². The molecule has 0 aliphatic heterocycles. The Morgan fingerprint density at radius 1 is 0.226 bits per heavy atom. The van der Waals surface area contributed by atoms with Crippen molar-refractivity contribution in [3.63, 3.8) is 0 Å². The molecular weight excluding hydrogens is 745 g/mol. The van der Waals surface area contributed by atoms with E-state index in [0.29, 0.717) is 0 Å². The number of benzene rings is 11. The molecule has 0 saturated carbocycles. The van der Waals surface area contributed by atoms with Crippen molar-refractivity contribution in [2.24, 2.45) is 0 Å². The second-order valence-electron chi connectivity index (χ2n) is 17.1. The van der Waals surface area contributed by atoms with Crippen LogP contribution in [0.4, 0.5) is 0 Å². The van der Waals surface area contributed by atoms with Gasteiger partial charge in [0.1, 0.15) is 0 Å². The second kappa shape index (κ2) is 13.4. The van der Waals surface area contributed by atoms with E-state index < -0.39 is 10.8 Å². The van der Waals surface area contributed by atoms with Crippen LogP contribution in [0.25, 0.3) is 65.7 Å². The van der Waals surface area contributed by atoms with Crippen LogP contribution in [0.5, 0.6) is 0 Å². The molecule has 0 heterocycles. The number of rotatable bonds is 6. The molecular formula is C62H40. The SMILES string of the molecule is c1ccc(C2(c3ccccc3)c3cc(-c4cc5c6c(ccc7cccc(c76)C5(c5ccccc5)c5ccccc5)c4)ccc3-c3ccc(-c4cccc5ccccc45)cc32)cc1. The first-order chi connectivity index (χ1) is 30.7. The van der Waals surface area contributed by atoms with E-state index in [1.807, 2.05) is 0 Å². The summed E-state index contributed by atoms with van der Waals surface area (Å²) < 4.78 is 0. The number of hydrogen-bond acceptors (Lipinski definition) is 0. The summed E-state index contributed by atoms with van der Waals surface area (Å²) in [6, 6.07) is 91.2. The Hall–Kier alpha value is -7.80. The molecule has 0 unspecified atom stereocenters. The molecule has 62 heavy (non-hydrogen) atoms. The van der Waals surface area contributed by atoms with Gasteiger partial charge in [-0.05, 0) is 134 Å². The van der Waals surface area contributed by atoms with Gasteiger partial charge in [-0.3, -0.25) is 0 Å². The van der Waals surface area contributed by atoms with Crippen molar-refractivity contribution in [2.45, 2.75) is 10.8 Å². The first kappa shape index (κ1) is 35.0. The Morgan fingerprint density at radius 3 is 1.31 bits per heavy atom. The third-order valence-corrected chi connectivity index (χ3v) is 14.2. The highest BCUT2D eigenvalue weighted by atomic mass is 14.5. The molecule has 0 heteroatoms. The van der Waals surface area contributed by atoms with E-state index in [0.717, 1.165) is 0 Å². The zero-order valence-electron chi connectivity index (χ0n) is 34.1. The lowest BCUT2D eigenvalue weighted by atomic mass is 9.66. The Balaban J connectivity index is 1.09. The Bertz CT molecular complexity index is 3460. The fourth-order valence-electron chi connectivity index (χ4n) is 11.6. The second-order valence-corrected chi connectivity index (χ2v) is 17.1. The quantitative estimate of drug-likeness (QED) is 0.147. The lowest BCUT2D eigenvalue weighted by Gasteiger charge is -2.35. The largest absolute Gasteiger partial charge is 0.0714 e. The van der Waals surface area contributed by atoms with Crippen molar-refractivity contribution in [1.82, 2.24) is 0 Å². The van der Waals surface area contributed by atoms with E-state index in [2.05, 4.69) is 243 Å². The summed E-state index contributed by atoms with van der Waals surface area (Å²) in [5, 5.41) is 7.79. The lowest BCUT2D eigenvalue weighted by Crippen LogP contribution is -2.29. The van der Waals surface area contributed by atoms with Gasteiger partial charge in [-0.2, -0.15) is 0 Å². The zero-order chi connectivity index (χ0) is 40.8. The molecule has 0 atom stereocenters. The van der Waals surface area contributed by atoms with Gasteiger partial charge < -0.3 is 0 Å². The summed E-state index contributed by atoms with van der Waals surface area (Å²) in [6.45, 7) is 0. The average molecular weight is 785 g/mol. The monoisotopic (exact) mass is 784 g/mol. The summed E-state index contributed by atoms with van der Waals surface area (Å²) >= 11 is 0. The highest BCUT2D eigenvalue weighted by Gasteiger charge is 2.48. The van der Waals surface area contributed by atoms with E-state index in [-0.39, 0.29) is 0 Å². The molecule has 288 valence electrons. The van der Waals surface area contributed by atoms with Crippen molar-refractivity contribution in [3.8, 4) is 33.4 Å². The molecule has 0 nitrogen and oxygen atoms in total. The lowest BCUT2D eigenvalue weighted by molar-refractivity contribution is 0.768. The van der Waals surface area contributed by atoms with Crippen LogP contribution in [0, 0.1) is 0 Å². The predicted molar refractivity (Wildman–Crippen MR) is 259 cm³/mol. The molecule has 11 aromatic rings. The molecule has 0 radical (unpaired) electrons. The molecule has 0 fully saturated rings. The van der Waals surface area contributed by atoms with Gasteiger partial charge >= 0.3 is 0 Å². The van der Waals surface area contributed by atoms with Gasteiger partial charge in [-0.15, -0.1) is 0 Å². The minimum Gasteiger partial charge on any atom is -0.0622 e. The summed E-state index contributed by atoms with van der Waals surface area (Å²) in [4.78, 5) is 0. The van der Waals surface area contributed by atoms with Crippen LogP contribution in [0.2, 0.25) is 0 Å². The first-order valence-corrected chi connectivity index (χ1v) is 21.7. The maximum Gasteiger partial charge on any atom is 0.0714 e. The fourth-order valence-corrected chi connectivity index (χ4v) is 11.6. The van der Waals surface area contributed by atoms with E-state index in [1.54, 1.807) is 0 Å². The van der Waals surface area contributed by atoms with Crippen LogP contribution in [-0.4, -0.2) is 0 Å². The van der Waals surface area contributed by atoms with Crippen molar-refractivity contribution >= 4 is 32.3 Å². The minimum atomic E-state index is -0.558. The molecule has 0 bridgehead atoms. The Labute approximate surface area is 362 Å². The predicted octanol–water partition coefficient (Wildman–Crippen LogP) is 15.5. The summed E-state index contributed by atoms with van der Waals surface area (Å²) in [5.41, 5.74) is 16.9. The van der Waals surface area contributed by atoms with Crippen LogP contribution in [0.15, 0.2) is 243 Å². The van der Waals surface area contributed by atoms with Crippen LogP contribution < -0.4 is 0 Å². The van der Waals surface area contributed by atoms with Gasteiger partial charge in [0.05, 0.1) is 10.8 Å². The Morgan fingerprint density at radius 2 is 0.677 bits per heavy atom. The van der Waals surface area contributed by atoms with E-state index >= 15 is 0 Å². The molecule has 0 spiro atoms. The smallest absolute Gasteiger partial charge is 0.0622 e. The third kappa shape index (κ3) is 4.72. The van der Waals surface area contributed by atoms with Crippen molar-refractivity contribution in [1.29, 1.82) is 0 Å². The zero-order valence-corrected chi connectivity index (χ0v) is 34.1. The van der Waals surface area contributed by atoms with E-state index in [9.17, 15) is 0 Å². The maximum absolute atomic E-state index is 2.52. The molecule has 13 rings (SSSR count). The number of fused-ring (bicyclic) bond motifs is 4. The average Bonchev–Trinajstić information content (AvgIpc) is 3.82. The van der Waals surface area contributed by atoms with Gasteiger partial charge in [-0.1, -0.05) is 218 Å². The molecule has 11 aromatic carbocycles. The number of hydrogen-bond donors (Lipinski definition) is 0. The van der Waals surface area contributed by atoms with Gasteiger partial charge in [-0.25, -0.2) is 0 Å². The molecule has 2 aliphatic rings. The van der Waals surface area contributed by atoms with Crippen molar-refractivity contribution in [2.75, 3.05) is 0 Å².